The highest BCUT2D eigenvalue weighted by molar-refractivity contribution is 5.91. The Balaban J connectivity index is 1.25. The molecule has 2 aliphatic rings. The normalized spacial score (nSPS) is 20.6. The standard InChI is InChI=1S/C33H46N6O6/c1-20(2)30(28-18-29(36-45-28)38-15-12-24(13-16-38)33(43-5)44-6)32(42)39-19-25(40)17-27(39)31(41)35-21(3)22-7-9-23(10-8-22)26-11-14-34-37(26)4/h7-11,14,18,20-21,24-25,27,30,33,40H,12-13,15-17,19H2,1-6H3,(H,35,41)/t21-,25+,27-,30?/m0/s1. The SMILES string of the molecule is COC(OC)C1CCN(c2cc(C(C(=O)N3C[C@H](O)C[C@H]3C(=O)N[C@@H](C)c3ccc(-c4ccnn4C)cc3)C(C)C)on2)CC1. The molecule has 2 fully saturated rings. The number of piperidine rings is 1. The van der Waals surface area contributed by atoms with E-state index in [1.165, 1.54) is 4.90 Å². The van der Waals surface area contributed by atoms with Gasteiger partial charge in [0, 0.05) is 65.5 Å². The largest absolute Gasteiger partial charge is 0.391 e. The number of nitrogens with one attached hydrogen (secondary N) is 1. The molecule has 12 nitrogen and oxygen atoms in total. The van der Waals surface area contributed by atoms with Gasteiger partial charge in [0.15, 0.2) is 17.9 Å². The number of methoxy groups -OCH3 is 2. The topological polar surface area (TPSA) is 135 Å². The molecular weight excluding hydrogens is 576 g/mol. The van der Waals surface area contributed by atoms with Crippen molar-refractivity contribution in [2.45, 2.75) is 70.4 Å². The fourth-order valence-corrected chi connectivity index (χ4v) is 6.67. The zero-order valence-electron chi connectivity index (χ0n) is 27.1. The number of hydrogen-bond acceptors (Lipinski definition) is 9. The lowest BCUT2D eigenvalue weighted by atomic mass is 9.91. The van der Waals surface area contributed by atoms with Crippen molar-refractivity contribution in [2.24, 2.45) is 18.9 Å². The molecule has 4 heterocycles. The highest BCUT2D eigenvalue weighted by Crippen LogP contribution is 2.34. The Labute approximate surface area is 264 Å². The molecule has 244 valence electrons. The molecule has 4 atom stereocenters. The van der Waals surface area contributed by atoms with Crippen LogP contribution in [0.5, 0.6) is 0 Å². The van der Waals surface area contributed by atoms with Crippen LogP contribution in [-0.2, 0) is 26.1 Å². The monoisotopic (exact) mass is 622 g/mol. The molecule has 0 saturated carbocycles. The maximum absolute atomic E-state index is 14.0. The van der Waals surface area contributed by atoms with Gasteiger partial charge in [-0.2, -0.15) is 5.10 Å². The number of amides is 2. The average molecular weight is 623 g/mol. The maximum atomic E-state index is 14.0. The summed E-state index contributed by atoms with van der Waals surface area (Å²) in [5.41, 5.74) is 2.96. The summed E-state index contributed by atoms with van der Waals surface area (Å²) in [5, 5.41) is 22.2. The van der Waals surface area contributed by atoms with E-state index in [1.54, 1.807) is 20.4 Å². The van der Waals surface area contributed by atoms with Crippen LogP contribution in [0, 0.1) is 11.8 Å². The molecule has 0 radical (unpaired) electrons. The molecule has 45 heavy (non-hydrogen) atoms. The highest BCUT2D eigenvalue weighted by atomic mass is 16.7. The number of nitrogens with zero attached hydrogens (tertiary/aromatic N) is 5. The molecule has 2 aliphatic heterocycles. The number of carbonyl (C=O) groups is 2. The van der Waals surface area contributed by atoms with Crippen LogP contribution in [0.3, 0.4) is 0 Å². The molecule has 1 unspecified atom stereocenters. The molecule has 2 N–H and O–H groups in total. The van der Waals surface area contributed by atoms with Crippen molar-refractivity contribution < 1.29 is 28.7 Å². The van der Waals surface area contributed by atoms with Crippen LogP contribution in [0.25, 0.3) is 11.3 Å². The van der Waals surface area contributed by atoms with Crippen molar-refractivity contribution in [3.8, 4) is 11.3 Å². The minimum absolute atomic E-state index is 0.0859. The van der Waals surface area contributed by atoms with Crippen molar-refractivity contribution in [3.63, 3.8) is 0 Å². The first-order valence-electron chi connectivity index (χ1n) is 15.8. The van der Waals surface area contributed by atoms with Gasteiger partial charge in [0.2, 0.25) is 11.8 Å². The van der Waals surface area contributed by atoms with Gasteiger partial charge in [-0.05, 0) is 42.9 Å². The van der Waals surface area contributed by atoms with Gasteiger partial charge in [0.05, 0.1) is 17.8 Å². The number of aromatic nitrogens is 3. The highest BCUT2D eigenvalue weighted by Gasteiger charge is 2.43. The Morgan fingerprint density at radius 2 is 1.76 bits per heavy atom. The van der Waals surface area contributed by atoms with Crippen molar-refractivity contribution in [3.05, 3.63) is 53.9 Å². The molecule has 2 saturated heterocycles. The summed E-state index contributed by atoms with van der Waals surface area (Å²) < 4.78 is 18.5. The number of carbonyl (C=O) groups excluding carboxylic acids is 2. The third-order valence-electron chi connectivity index (χ3n) is 9.22. The third kappa shape index (κ3) is 7.08. The molecule has 0 bridgehead atoms. The van der Waals surface area contributed by atoms with Crippen LogP contribution >= 0.6 is 0 Å². The molecule has 1 aromatic carbocycles. The minimum atomic E-state index is -0.791. The van der Waals surface area contributed by atoms with Gasteiger partial charge in [-0.3, -0.25) is 14.3 Å². The Morgan fingerprint density at radius 1 is 1.07 bits per heavy atom. The molecule has 0 spiro atoms. The van der Waals surface area contributed by atoms with Crippen LogP contribution in [-0.4, -0.2) is 89.0 Å². The number of hydrogen-bond donors (Lipinski definition) is 2. The van der Waals surface area contributed by atoms with Gasteiger partial charge in [0.1, 0.15) is 12.0 Å². The first-order chi connectivity index (χ1) is 21.6. The second-order valence-electron chi connectivity index (χ2n) is 12.6. The summed E-state index contributed by atoms with van der Waals surface area (Å²) in [4.78, 5) is 31.3. The Morgan fingerprint density at radius 3 is 2.36 bits per heavy atom. The fraction of sp³-hybridized carbons (Fsp3) is 0.576. The van der Waals surface area contributed by atoms with E-state index in [4.69, 9.17) is 14.0 Å². The third-order valence-corrected chi connectivity index (χ3v) is 9.22. The number of likely N-dealkylation sites (tertiary alicyclic amines) is 1. The smallest absolute Gasteiger partial charge is 0.243 e. The summed E-state index contributed by atoms with van der Waals surface area (Å²) in [6, 6.07) is 10.7. The molecule has 2 aromatic heterocycles. The van der Waals surface area contributed by atoms with Gasteiger partial charge in [0.25, 0.3) is 0 Å². The molecule has 12 heteroatoms. The number of anilines is 1. The van der Waals surface area contributed by atoms with Gasteiger partial charge in [-0.25, -0.2) is 0 Å². The average Bonchev–Trinajstić information content (AvgIpc) is 3.78. The summed E-state index contributed by atoms with van der Waals surface area (Å²) >= 11 is 0. The quantitative estimate of drug-likeness (QED) is 0.308. The van der Waals surface area contributed by atoms with Gasteiger partial charge >= 0.3 is 0 Å². The molecule has 2 amide bonds. The van der Waals surface area contributed by atoms with Crippen molar-refractivity contribution in [1.82, 2.24) is 25.2 Å². The molecule has 0 aliphatic carbocycles. The van der Waals surface area contributed by atoms with Gasteiger partial charge in [-0.1, -0.05) is 43.3 Å². The van der Waals surface area contributed by atoms with E-state index < -0.39 is 18.1 Å². The number of aryl methyl sites for hydroxylation is 1. The lowest BCUT2D eigenvalue weighted by Crippen LogP contribution is -2.48. The van der Waals surface area contributed by atoms with Crippen LogP contribution in [0.4, 0.5) is 5.82 Å². The zero-order chi connectivity index (χ0) is 32.2. The number of aliphatic hydroxyl groups is 1. The minimum Gasteiger partial charge on any atom is -0.391 e. The van der Waals surface area contributed by atoms with E-state index in [0.29, 0.717) is 17.5 Å². The van der Waals surface area contributed by atoms with E-state index >= 15 is 0 Å². The van der Waals surface area contributed by atoms with E-state index in [2.05, 4.69) is 20.5 Å². The van der Waals surface area contributed by atoms with Crippen LogP contribution in [0.2, 0.25) is 0 Å². The second-order valence-corrected chi connectivity index (χ2v) is 12.6. The van der Waals surface area contributed by atoms with Crippen molar-refractivity contribution in [2.75, 3.05) is 38.8 Å². The number of aliphatic hydroxyl groups excluding tert-OH is 1. The van der Waals surface area contributed by atoms with Crippen LogP contribution in [0.1, 0.15) is 63.3 Å². The number of β-amino-alcohol motifs (C(OH)–C–C–N with tert-alkyl or cyclic N) is 1. The fourth-order valence-electron chi connectivity index (χ4n) is 6.67. The molecular formula is C33H46N6O6. The summed E-state index contributed by atoms with van der Waals surface area (Å²) in [6.07, 6.45) is 2.68. The lowest BCUT2D eigenvalue weighted by Gasteiger charge is -2.34. The van der Waals surface area contributed by atoms with Gasteiger partial charge in [-0.15, -0.1) is 0 Å². The predicted molar refractivity (Wildman–Crippen MR) is 168 cm³/mol. The van der Waals surface area contributed by atoms with Crippen LogP contribution in [0.15, 0.2) is 47.1 Å². The van der Waals surface area contributed by atoms with E-state index in [9.17, 15) is 14.7 Å². The van der Waals surface area contributed by atoms with E-state index in [0.717, 1.165) is 42.8 Å². The van der Waals surface area contributed by atoms with Crippen LogP contribution < -0.4 is 10.2 Å². The summed E-state index contributed by atoms with van der Waals surface area (Å²) in [7, 11) is 5.21. The maximum Gasteiger partial charge on any atom is 0.243 e. The first-order valence-corrected chi connectivity index (χ1v) is 15.8. The molecule has 3 aromatic rings. The number of benzene rings is 1. The second kappa shape index (κ2) is 14.1. The summed E-state index contributed by atoms with van der Waals surface area (Å²) in [5.74, 6) is 0.135. The van der Waals surface area contributed by atoms with Crippen molar-refractivity contribution in [1.29, 1.82) is 0 Å². The lowest BCUT2D eigenvalue weighted by molar-refractivity contribution is -0.141. The Bertz CT molecular complexity index is 1430. The van der Waals surface area contributed by atoms with Crippen molar-refractivity contribution >= 4 is 17.6 Å². The predicted octanol–water partition coefficient (Wildman–Crippen LogP) is 3.49. The molecule has 5 rings (SSSR count). The summed E-state index contributed by atoms with van der Waals surface area (Å²) in [6.45, 7) is 7.43. The van der Waals surface area contributed by atoms with E-state index in [1.807, 2.05) is 68.9 Å². The Hall–Kier alpha value is -3.74. The van der Waals surface area contributed by atoms with Gasteiger partial charge < -0.3 is 34.2 Å². The number of ether oxygens (including phenoxy) is 2. The van der Waals surface area contributed by atoms with E-state index in [-0.39, 0.29) is 43.0 Å². The Kier molecular flexibility index (Phi) is 10.3. The first kappa shape index (κ1) is 32.6. The number of rotatable bonds is 11. The zero-order valence-corrected chi connectivity index (χ0v) is 27.1.